The molecule has 0 unspecified atom stereocenters. The zero-order valence-electron chi connectivity index (χ0n) is 11.4. The van der Waals surface area contributed by atoms with E-state index in [1.807, 2.05) is 4.90 Å². The number of alkyl halides is 4. The fourth-order valence-electron chi connectivity index (χ4n) is 2.56. The van der Waals surface area contributed by atoms with E-state index in [9.17, 15) is 17.6 Å². The van der Waals surface area contributed by atoms with Crippen LogP contribution in [0.15, 0.2) is 24.3 Å². The minimum atomic E-state index is -2.92. The fourth-order valence-corrected chi connectivity index (χ4v) is 2.56. The third-order valence-electron chi connectivity index (χ3n) is 3.46. The molecule has 1 N–H and O–H groups in total. The van der Waals surface area contributed by atoms with Crippen LogP contribution in [-0.4, -0.2) is 44.1 Å². The molecule has 0 amide bonds. The zero-order chi connectivity index (χ0) is 15.2. The summed E-state index contributed by atoms with van der Waals surface area (Å²) in [7, 11) is 0. The topological polar surface area (TPSA) is 24.5 Å². The zero-order valence-corrected chi connectivity index (χ0v) is 11.4. The third-order valence-corrected chi connectivity index (χ3v) is 3.46. The van der Waals surface area contributed by atoms with E-state index in [1.165, 1.54) is 12.1 Å². The molecule has 1 aromatic carbocycles. The van der Waals surface area contributed by atoms with Gasteiger partial charge in [0.1, 0.15) is 5.75 Å². The highest BCUT2D eigenvalue weighted by atomic mass is 19.3. The Bertz CT molecular complexity index is 439. The van der Waals surface area contributed by atoms with Gasteiger partial charge in [-0.25, -0.2) is 8.78 Å². The molecule has 1 atom stereocenters. The Labute approximate surface area is 120 Å². The largest absolute Gasteiger partial charge is 0.435 e. The number of halogens is 4. The highest BCUT2D eigenvalue weighted by molar-refractivity contribution is 5.31. The molecule has 3 nitrogen and oxygen atoms in total. The maximum Gasteiger partial charge on any atom is 0.387 e. The SMILES string of the molecule is FC(F)C[C@@H](c1cccc(OC(F)F)c1)N1CCNCC1. The van der Waals surface area contributed by atoms with Gasteiger partial charge < -0.3 is 10.1 Å². The number of rotatable bonds is 6. The molecule has 1 fully saturated rings. The van der Waals surface area contributed by atoms with Gasteiger partial charge in [-0.15, -0.1) is 0 Å². The van der Waals surface area contributed by atoms with Crippen molar-refractivity contribution in [3.05, 3.63) is 29.8 Å². The summed E-state index contributed by atoms with van der Waals surface area (Å²) in [5.74, 6) is -0.00287. The number of nitrogens with zero attached hydrogens (tertiary/aromatic N) is 1. The number of benzene rings is 1. The van der Waals surface area contributed by atoms with Crippen molar-refractivity contribution in [1.29, 1.82) is 0 Å². The van der Waals surface area contributed by atoms with Crippen molar-refractivity contribution in [2.45, 2.75) is 25.5 Å². The van der Waals surface area contributed by atoms with E-state index >= 15 is 0 Å². The average Bonchev–Trinajstić information content (AvgIpc) is 2.45. The molecule has 1 heterocycles. The van der Waals surface area contributed by atoms with E-state index in [4.69, 9.17) is 0 Å². The molecule has 118 valence electrons. The molecule has 0 saturated carbocycles. The molecule has 0 radical (unpaired) electrons. The molecule has 1 aromatic rings. The summed E-state index contributed by atoms with van der Waals surface area (Å²) in [6, 6.07) is 5.54. The van der Waals surface area contributed by atoms with E-state index in [1.54, 1.807) is 12.1 Å². The lowest BCUT2D eigenvalue weighted by atomic mass is 10.0. The first-order valence-corrected chi connectivity index (χ1v) is 6.84. The summed E-state index contributed by atoms with van der Waals surface area (Å²) < 4.78 is 54.5. The van der Waals surface area contributed by atoms with Crippen LogP contribution in [0, 0.1) is 0 Å². The van der Waals surface area contributed by atoms with Gasteiger partial charge in [-0.05, 0) is 17.7 Å². The van der Waals surface area contributed by atoms with E-state index in [-0.39, 0.29) is 12.2 Å². The van der Waals surface area contributed by atoms with Crippen LogP contribution >= 0.6 is 0 Å². The van der Waals surface area contributed by atoms with Crippen molar-refractivity contribution in [1.82, 2.24) is 10.2 Å². The van der Waals surface area contributed by atoms with Gasteiger partial charge in [-0.2, -0.15) is 8.78 Å². The van der Waals surface area contributed by atoms with Crippen molar-refractivity contribution < 1.29 is 22.3 Å². The van der Waals surface area contributed by atoms with Crippen molar-refractivity contribution in [3.63, 3.8) is 0 Å². The number of piperazine rings is 1. The Morgan fingerprint density at radius 3 is 2.48 bits per heavy atom. The highest BCUT2D eigenvalue weighted by Crippen LogP contribution is 2.30. The van der Waals surface area contributed by atoms with E-state index in [0.29, 0.717) is 18.7 Å². The Morgan fingerprint density at radius 2 is 1.86 bits per heavy atom. The van der Waals surface area contributed by atoms with Crippen LogP contribution in [0.5, 0.6) is 5.75 Å². The Morgan fingerprint density at radius 1 is 1.14 bits per heavy atom. The highest BCUT2D eigenvalue weighted by Gasteiger charge is 2.25. The standard InChI is InChI=1S/C14H18F4N2O/c15-13(16)9-12(20-6-4-19-5-7-20)10-2-1-3-11(8-10)21-14(17)18/h1-3,8,12-14,19H,4-7,9H2/t12-/m0/s1. The maximum absolute atomic E-state index is 12.8. The predicted octanol–water partition coefficient (Wildman–Crippen LogP) is 2.89. The van der Waals surface area contributed by atoms with Crippen LogP contribution in [0.25, 0.3) is 0 Å². The second-order valence-corrected chi connectivity index (χ2v) is 4.88. The molecule has 1 aliphatic rings. The molecule has 0 aromatic heterocycles. The lowest BCUT2D eigenvalue weighted by Gasteiger charge is -2.35. The van der Waals surface area contributed by atoms with Crippen molar-refractivity contribution in [2.75, 3.05) is 26.2 Å². The first-order chi connectivity index (χ1) is 10.1. The second-order valence-electron chi connectivity index (χ2n) is 4.88. The summed E-state index contributed by atoms with van der Waals surface area (Å²) in [4.78, 5) is 1.95. The van der Waals surface area contributed by atoms with Gasteiger partial charge in [0.05, 0.1) is 0 Å². The summed E-state index contributed by atoms with van der Waals surface area (Å²) in [5.41, 5.74) is 0.579. The van der Waals surface area contributed by atoms with Gasteiger partial charge in [0.15, 0.2) is 0 Å². The number of hydrogen-bond acceptors (Lipinski definition) is 3. The molecule has 7 heteroatoms. The van der Waals surface area contributed by atoms with Gasteiger partial charge in [-0.3, -0.25) is 4.90 Å². The van der Waals surface area contributed by atoms with Crippen LogP contribution in [0.1, 0.15) is 18.0 Å². The smallest absolute Gasteiger partial charge is 0.387 e. The van der Waals surface area contributed by atoms with E-state index in [2.05, 4.69) is 10.1 Å². The third kappa shape index (κ3) is 4.86. The second kappa shape index (κ2) is 7.61. The van der Waals surface area contributed by atoms with Crippen LogP contribution in [0.4, 0.5) is 17.6 Å². The van der Waals surface area contributed by atoms with Crippen LogP contribution in [0.2, 0.25) is 0 Å². The van der Waals surface area contributed by atoms with Crippen LogP contribution < -0.4 is 10.1 Å². The lowest BCUT2D eigenvalue weighted by molar-refractivity contribution is -0.0499. The Kier molecular flexibility index (Phi) is 5.81. The monoisotopic (exact) mass is 306 g/mol. The molecule has 0 spiro atoms. The van der Waals surface area contributed by atoms with Gasteiger partial charge in [0, 0.05) is 38.6 Å². The fraction of sp³-hybridized carbons (Fsp3) is 0.571. The number of ether oxygens (including phenoxy) is 1. The van der Waals surface area contributed by atoms with Gasteiger partial charge in [0.2, 0.25) is 6.43 Å². The molecule has 1 saturated heterocycles. The van der Waals surface area contributed by atoms with Crippen molar-refractivity contribution in [3.8, 4) is 5.75 Å². The normalized spacial score (nSPS) is 18.2. The molecule has 0 bridgehead atoms. The van der Waals surface area contributed by atoms with Gasteiger partial charge >= 0.3 is 6.61 Å². The average molecular weight is 306 g/mol. The first kappa shape index (κ1) is 16.0. The molecular weight excluding hydrogens is 288 g/mol. The molecular formula is C14H18F4N2O. The summed E-state index contributed by atoms with van der Waals surface area (Å²) in [6.45, 7) is -0.165. The summed E-state index contributed by atoms with van der Waals surface area (Å²) in [5, 5.41) is 3.16. The van der Waals surface area contributed by atoms with Gasteiger partial charge in [0.25, 0.3) is 0 Å². The minimum absolute atomic E-state index is 0.00287. The van der Waals surface area contributed by atoms with Crippen molar-refractivity contribution >= 4 is 0 Å². The Hall–Kier alpha value is -1.34. The molecule has 2 rings (SSSR count). The summed E-state index contributed by atoms with van der Waals surface area (Å²) in [6.07, 6.45) is -2.78. The van der Waals surface area contributed by atoms with Crippen LogP contribution in [-0.2, 0) is 0 Å². The van der Waals surface area contributed by atoms with Crippen LogP contribution in [0.3, 0.4) is 0 Å². The summed E-state index contributed by atoms with van der Waals surface area (Å²) >= 11 is 0. The van der Waals surface area contributed by atoms with Crippen molar-refractivity contribution in [2.24, 2.45) is 0 Å². The molecule has 1 aliphatic heterocycles. The van der Waals surface area contributed by atoms with E-state index < -0.39 is 19.1 Å². The first-order valence-electron chi connectivity index (χ1n) is 6.84. The van der Waals surface area contributed by atoms with E-state index in [0.717, 1.165) is 13.1 Å². The quantitative estimate of drug-likeness (QED) is 0.818. The number of nitrogens with one attached hydrogen (secondary N) is 1. The predicted molar refractivity (Wildman–Crippen MR) is 70.9 cm³/mol. The molecule has 0 aliphatic carbocycles. The Balaban J connectivity index is 2.18. The van der Waals surface area contributed by atoms with Gasteiger partial charge in [-0.1, -0.05) is 12.1 Å². The minimum Gasteiger partial charge on any atom is -0.435 e. The lowest BCUT2D eigenvalue weighted by Crippen LogP contribution is -2.45. The number of hydrogen-bond donors (Lipinski definition) is 1. The molecule has 21 heavy (non-hydrogen) atoms. The maximum atomic E-state index is 12.8.